The van der Waals surface area contributed by atoms with Gasteiger partial charge in [-0.1, -0.05) is 42.5 Å². The molecule has 3 saturated heterocycles. The highest BCUT2D eigenvalue weighted by Gasteiger charge is 2.77. The van der Waals surface area contributed by atoms with Crippen molar-refractivity contribution in [3.8, 4) is 0 Å². The average molecular weight is 605 g/mol. The van der Waals surface area contributed by atoms with E-state index >= 15 is 0 Å². The van der Waals surface area contributed by atoms with Crippen molar-refractivity contribution in [3.05, 3.63) is 67.8 Å². The van der Waals surface area contributed by atoms with Crippen LogP contribution >= 0.6 is 11.8 Å². The molecule has 0 saturated carbocycles. The van der Waals surface area contributed by atoms with E-state index in [-0.39, 0.29) is 24.4 Å². The number of nitrogens with zero attached hydrogens (tertiary/aromatic N) is 2. The Labute approximate surface area is 259 Å². The van der Waals surface area contributed by atoms with Crippen LogP contribution in [0.3, 0.4) is 0 Å². The molecule has 43 heavy (non-hydrogen) atoms. The van der Waals surface area contributed by atoms with E-state index in [1.54, 1.807) is 27.6 Å². The van der Waals surface area contributed by atoms with E-state index in [0.717, 1.165) is 48.6 Å². The van der Waals surface area contributed by atoms with E-state index in [2.05, 4.69) is 20.1 Å². The number of carbonyl (C=O) groups excluding carboxylic acids is 3. The van der Waals surface area contributed by atoms with Crippen LogP contribution in [0.1, 0.15) is 58.3 Å². The molecule has 3 aliphatic heterocycles. The van der Waals surface area contributed by atoms with Crippen LogP contribution in [-0.2, 0) is 19.1 Å². The van der Waals surface area contributed by atoms with Crippen LogP contribution in [0, 0.1) is 11.8 Å². The van der Waals surface area contributed by atoms with Gasteiger partial charge < -0.3 is 19.6 Å². The number of amides is 2. The first kappa shape index (κ1) is 31.3. The SMILES string of the molecule is C=CCCCCOC(=O)[C@H]1[C@H]2C(=O)N(CCCCCO)C(C(=O)N(CC=C)c3ccc4ccccc4c3)C23CC[C@]1(C)S3. The minimum atomic E-state index is -0.706. The zero-order valence-electron chi connectivity index (χ0n) is 25.2. The number of aliphatic hydroxyl groups excluding tert-OH is 1. The van der Waals surface area contributed by atoms with Crippen molar-refractivity contribution in [3.63, 3.8) is 0 Å². The Hall–Kier alpha value is -3.10. The van der Waals surface area contributed by atoms with Gasteiger partial charge >= 0.3 is 5.97 Å². The van der Waals surface area contributed by atoms with Gasteiger partial charge in [0, 0.05) is 30.1 Å². The van der Waals surface area contributed by atoms with Crippen LogP contribution in [0.25, 0.3) is 10.8 Å². The third-order valence-electron chi connectivity index (χ3n) is 9.49. The van der Waals surface area contributed by atoms with Gasteiger partial charge in [0.15, 0.2) is 0 Å². The predicted octanol–water partition coefficient (Wildman–Crippen LogP) is 5.90. The highest BCUT2D eigenvalue weighted by molar-refractivity contribution is 8.02. The standard InChI is InChI=1S/C35H44N2O5S/c1-4-6-7-13-23-42-33(41)29-28-31(39)37(21-11-8-12-22-38)30(35(28)19-18-34(29,3)43-35)32(40)36(20-5-2)27-17-16-25-14-9-10-15-26(25)24-27/h4-5,9-10,14-17,24,28-30,38H,1-2,6-8,11-13,18-23H2,3H3/t28-,29+,30?,34-,35?/m0/s1. The first-order valence-electron chi connectivity index (χ1n) is 15.6. The fourth-order valence-electron chi connectivity index (χ4n) is 7.47. The summed E-state index contributed by atoms with van der Waals surface area (Å²) in [5.74, 6) is -1.78. The Morgan fingerprint density at radius 1 is 1.07 bits per heavy atom. The quantitative estimate of drug-likeness (QED) is 0.155. The smallest absolute Gasteiger partial charge is 0.311 e. The first-order chi connectivity index (χ1) is 20.8. The summed E-state index contributed by atoms with van der Waals surface area (Å²) < 4.78 is 4.62. The molecule has 1 spiro atoms. The van der Waals surface area contributed by atoms with Gasteiger partial charge in [-0.25, -0.2) is 0 Å². The largest absolute Gasteiger partial charge is 0.465 e. The lowest BCUT2D eigenvalue weighted by Gasteiger charge is -2.37. The van der Waals surface area contributed by atoms with Crippen molar-refractivity contribution in [1.82, 2.24) is 4.90 Å². The normalized spacial score (nSPS) is 27.3. The fourth-order valence-corrected chi connectivity index (χ4v) is 9.81. The second kappa shape index (κ2) is 13.3. The number of thioether (sulfide) groups is 1. The number of hydrogen-bond donors (Lipinski definition) is 1. The summed E-state index contributed by atoms with van der Waals surface area (Å²) >= 11 is 1.67. The molecular formula is C35H44N2O5S. The molecular weight excluding hydrogens is 560 g/mol. The fraction of sp³-hybridized carbons (Fsp3) is 0.514. The van der Waals surface area contributed by atoms with Gasteiger partial charge in [-0.05, 0) is 81.2 Å². The lowest BCUT2D eigenvalue weighted by Crippen LogP contribution is -2.55. The third-order valence-corrected chi connectivity index (χ3v) is 11.5. The summed E-state index contributed by atoms with van der Waals surface area (Å²) in [5.41, 5.74) is 0.760. The number of allylic oxidation sites excluding steroid dienone is 1. The van der Waals surface area contributed by atoms with Crippen LogP contribution in [0.5, 0.6) is 0 Å². The van der Waals surface area contributed by atoms with Crippen molar-refractivity contribution in [2.75, 3.05) is 31.2 Å². The Kier molecular flexibility index (Phi) is 9.67. The van der Waals surface area contributed by atoms with Crippen molar-refractivity contribution in [1.29, 1.82) is 0 Å². The summed E-state index contributed by atoms with van der Waals surface area (Å²) in [4.78, 5) is 46.3. The van der Waals surface area contributed by atoms with Gasteiger partial charge in [-0.15, -0.1) is 24.9 Å². The number of anilines is 1. The molecule has 2 aromatic carbocycles. The van der Waals surface area contributed by atoms with Gasteiger partial charge in [0.25, 0.3) is 5.91 Å². The maximum atomic E-state index is 14.8. The zero-order valence-corrected chi connectivity index (χ0v) is 26.0. The van der Waals surface area contributed by atoms with Crippen molar-refractivity contribution in [2.24, 2.45) is 11.8 Å². The van der Waals surface area contributed by atoms with Crippen molar-refractivity contribution in [2.45, 2.75) is 73.8 Å². The summed E-state index contributed by atoms with van der Waals surface area (Å²) in [6, 6.07) is 13.3. The Morgan fingerprint density at radius 2 is 1.86 bits per heavy atom. The number of rotatable bonds is 15. The molecule has 2 aromatic rings. The molecule has 2 unspecified atom stereocenters. The van der Waals surface area contributed by atoms with Crippen LogP contribution in [0.15, 0.2) is 67.8 Å². The van der Waals surface area contributed by atoms with Crippen molar-refractivity contribution < 1.29 is 24.2 Å². The molecule has 5 rings (SSSR count). The van der Waals surface area contributed by atoms with Crippen LogP contribution in [-0.4, -0.2) is 69.6 Å². The number of benzene rings is 2. The summed E-state index contributed by atoms with van der Waals surface area (Å²) in [7, 11) is 0. The number of carbonyl (C=O) groups is 3. The maximum Gasteiger partial charge on any atom is 0.311 e. The number of esters is 1. The lowest BCUT2D eigenvalue weighted by molar-refractivity contribution is -0.155. The third kappa shape index (κ3) is 5.76. The van der Waals surface area contributed by atoms with E-state index in [0.29, 0.717) is 39.0 Å². The molecule has 1 N–H and O–H groups in total. The second-order valence-corrected chi connectivity index (χ2v) is 14.2. The maximum absolute atomic E-state index is 14.8. The Bertz CT molecular complexity index is 1380. The molecule has 8 heteroatoms. The van der Waals surface area contributed by atoms with Gasteiger partial charge in [-0.2, -0.15) is 0 Å². The van der Waals surface area contributed by atoms with Crippen LogP contribution < -0.4 is 4.90 Å². The molecule has 3 fully saturated rings. The summed E-state index contributed by atoms with van der Waals surface area (Å²) in [6.07, 6.45) is 9.60. The van der Waals surface area contributed by atoms with Gasteiger partial charge in [0.1, 0.15) is 6.04 Å². The molecule has 2 bridgehead atoms. The zero-order chi connectivity index (χ0) is 30.6. The number of hydrogen-bond acceptors (Lipinski definition) is 6. The number of fused-ring (bicyclic) bond motifs is 2. The predicted molar refractivity (Wildman–Crippen MR) is 173 cm³/mol. The van der Waals surface area contributed by atoms with E-state index < -0.39 is 27.4 Å². The molecule has 0 aliphatic carbocycles. The molecule has 230 valence electrons. The van der Waals surface area contributed by atoms with Crippen molar-refractivity contribution >= 4 is 46.0 Å². The van der Waals surface area contributed by atoms with Gasteiger partial charge in [-0.3, -0.25) is 14.4 Å². The molecule has 5 atom stereocenters. The minimum absolute atomic E-state index is 0.0901. The number of ether oxygens (including phenoxy) is 1. The highest BCUT2D eigenvalue weighted by atomic mass is 32.2. The van der Waals surface area contributed by atoms with Gasteiger partial charge in [0.05, 0.1) is 23.2 Å². The Balaban J connectivity index is 1.49. The molecule has 0 radical (unpaired) electrons. The average Bonchev–Trinajstić information content (AvgIpc) is 3.57. The molecule has 0 aromatic heterocycles. The monoisotopic (exact) mass is 604 g/mol. The van der Waals surface area contributed by atoms with Gasteiger partial charge in [0.2, 0.25) is 5.91 Å². The summed E-state index contributed by atoms with van der Waals surface area (Å²) in [5, 5.41) is 11.4. The molecule has 2 amide bonds. The molecule has 3 heterocycles. The minimum Gasteiger partial charge on any atom is -0.465 e. The van der Waals surface area contributed by atoms with E-state index in [1.807, 2.05) is 48.5 Å². The lowest BCUT2D eigenvalue weighted by atomic mass is 9.66. The number of unbranched alkanes of at least 4 members (excludes halogenated alkanes) is 4. The van der Waals surface area contributed by atoms with Crippen LogP contribution in [0.4, 0.5) is 5.69 Å². The summed E-state index contributed by atoms with van der Waals surface area (Å²) in [6.45, 7) is 10.9. The van der Waals surface area contributed by atoms with E-state index in [1.165, 1.54) is 0 Å². The van der Waals surface area contributed by atoms with E-state index in [4.69, 9.17) is 4.74 Å². The second-order valence-electron chi connectivity index (χ2n) is 12.3. The van der Waals surface area contributed by atoms with E-state index in [9.17, 15) is 19.5 Å². The molecule has 3 aliphatic rings. The first-order valence-corrected chi connectivity index (χ1v) is 16.4. The molecule has 7 nitrogen and oxygen atoms in total. The number of aliphatic hydroxyl groups is 1. The highest BCUT2D eigenvalue weighted by Crippen LogP contribution is 2.71. The topological polar surface area (TPSA) is 87.1 Å². The Morgan fingerprint density at radius 3 is 2.60 bits per heavy atom. The van der Waals surface area contributed by atoms with Crippen LogP contribution in [0.2, 0.25) is 0 Å². The number of likely N-dealkylation sites (tertiary alicyclic amines) is 1.